The molecule has 5 heteroatoms. The molecule has 21 heavy (non-hydrogen) atoms. The SMILES string of the molecule is Cc1cncc(C(Cc2nc3ccccc3n2C)NN)c1. The third-order valence-corrected chi connectivity index (χ3v) is 3.77. The third kappa shape index (κ3) is 2.66. The number of hydrogen-bond acceptors (Lipinski definition) is 4. The fourth-order valence-electron chi connectivity index (χ4n) is 2.60. The predicted octanol–water partition coefficient (Wildman–Crippen LogP) is 2.02. The minimum absolute atomic E-state index is 0.00656. The predicted molar refractivity (Wildman–Crippen MR) is 83.5 cm³/mol. The summed E-state index contributed by atoms with van der Waals surface area (Å²) >= 11 is 0. The van der Waals surface area contributed by atoms with Crippen molar-refractivity contribution in [1.82, 2.24) is 20.0 Å². The van der Waals surface area contributed by atoms with Gasteiger partial charge in [-0.1, -0.05) is 18.2 Å². The highest BCUT2D eigenvalue weighted by molar-refractivity contribution is 5.75. The highest BCUT2D eigenvalue weighted by Gasteiger charge is 2.15. The average Bonchev–Trinajstić information content (AvgIpc) is 2.81. The monoisotopic (exact) mass is 281 g/mol. The summed E-state index contributed by atoms with van der Waals surface area (Å²) in [6.07, 6.45) is 4.40. The first-order chi connectivity index (χ1) is 10.2. The van der Waals surface area contributed by atoms with E-state index in [-0.39, 0.29) is 6.04 Å². The first kappa shape index (κ1) is 13.7. The van der Waals surface area contributed by atoms with Gasteiger partial charge in [0.05, 0.1) is 17.1 Å². The number of pyridine rings is 1. The van der Waals surface area contributed by atoms with Gasteiger partial charge < -0.3 is 4.57 Å². The van der Waals surface area contributed by atoms with Gasteiger partial charge in [0.1, 0.15) is 5.82 Å². The molecule has 5 nitrogen and oxygen atoms in total. The van der Waals surface area contributed by atoms with Gasteiger partial charge in [0.15, 0.2) is 0 Å². The molecule has 0 fully saturated rings. The van der Waals surface area contributed by atoms with Crippen molar-refractivity contribution < 1.29 is 0 Å². The number of aromatic nitrogens is 3. The Labute approximate surface area is 123 Å². The van der Waals surface area contributed by atoms with Gasteiger partial charge in [0, 0.05) is 25.9 Å². The maximum Gasteiger partial charge on any atom is 0.111 e. The van der Waals surface area contributed by atoms with Crippen LogP contribution < -0.4 is 11.3 Å². The molecule has 0 amide bonds. The van der Waals surface area contributed by atoms with E-state index in [0.717, 1.165) is 28.0 Å². The molecule has 1 unspecified atom stereocenters. The zero-order chi connectivity index (χ0) is 14.8. The Morgan fingerprint density at radius 2 is 2.10 bits per heavy atom. The van der Waals surface area contributed by atoms with Gasteiger partial charge in [-0.3, -0.25) is 16.3 Å². The summed E-state index contributed by atoms with van der Waals surface area (Å²) in [5.74, 6) is 6.73. The van der Waals surface area contributed by atoms with Gasteiger partial charge in [-0.25, -0.2) is 4.98 Å². The van der Waals surface area contributed by atoms with Crippen molar-refractivity contribution >= 4 is 11.0 Å². The number of nitrogens with two attached hydrogens (primary N) is 1. The number of aryl methyl sites for hydroxylation is 2. The second kappa shape index (κ2) is 5.63. The van der Waals surface area contributed by atoms with E-state index < -0.39 is 0 Å². The zero-order valence-electron chi connectivity index (χ0n) is 12.2. The van der Waals surface area contributed by atoms with Crippen LogP contribution in [0.5, 0.6) is 0 Å². The summed E-state index contributed by atoms with van der Waals surface area (Å²) in [5.41, 5.74) is 7.21. The number of para-hydroxylation sites is 2. The van der Waals surface area contributed by atoms with Crippen molar-refractivity contribution in [3.05, 3.63) is 59.7 Å². The quantitative estimate of drug-likeness (QED) is 0.567. The molecule has 0 spiro atoms. The molecule has 1 aromatic carbocycles. The van der Waals surface area contributed by atoms with Crippen LogP contribution in [0.3, 0.4) is 0 Å². The van der Waals surface area contributed by atoms with Crippen LogP contribution in [0.25, 0.3) is 11.0 Å². The van der Waals surface area contributed by atoms with E-state index in [1.54, 1.807) is 0 Å². The molecule has 108 valence electrons. The average molecular weight is 281 g/mol. The number of hydrazine groups is 1. The Balaban J connectivity index is 1.94. The third-order valence-electron chi connectivity index (χ3n) is 3.77. The molecule has 0 aliphatic rings. The highest BCUT2D eigenvalue weighted by Crippen LogP contribution is 2.20. The van der Waals surface area contributed by atoms with Crippen LogP contribution in [0.4, 0.5) is 0 Å². The summed E-state index contributed by atoms with van der Waals surface area (Å²) in [5, 5.41) is 0. The summed E-state index contributed by atoms with van der Waals surface area (Å²) < 4.78 is 2.11. The molecule has 0 bridgehead atoms. The second-order valence-corrected chi connectivity index (χ2v) is 5.29. The topological polar surface area (TPSA) is 68.8 Å². The Morgan fingerprint density at radius 1 is 1.29 bits per heavy atom. The van der Waals surface area contributed by atoms with E-state index in [4.69, 9.17) is 10.8 Å². The normalized spacial score (nSPS) is 12.7. The van der Waals surface area contributed by atoms with Crippen LogP contribution in [-0.2, 0) is 13.5 Å². The Morgan fingerprint density at radius 3 is 2.81 bits per heavy atom. The van der Waals surface area contributed by atoms with Gasteiger partial charge >= 0.3 is 0 Å². The molecular formula is C16H19N5. The molecule has 0 saturated heterocycles. The van der Waals surface area contributed by atoms with Crippen molar-refractivity contribution in [3.8, 4) is 0 Å². The molecule has 0 saturated carbocycles. The van der Waals surface area contributed by atoms with Gasteiger partial charge in [0.2, 0.25) is 0 Å². The fraction of sp³-hybridized carbons (Fsp3) is 0.250. The summed E-state index contributed by atoms with van der Waals surface area (Å²) in [7, 11) is 2.03. The van der Waals surface area contributed by atoms with Crippen LogP contribution in [0, 0.1) is 6.92 Å². The number of nitrogens with zero attached hydrogens (tertiary/aromatic N) is 3. The lowest BCUT2D eigenvalue weighted by atomic mass is 10.0. The Hall–Kier alpha value is -2.24. The van der Waals surface area contributed by atoms with Crippen LogP contribution in [0.1, 0.15) is 23.0 Å². The number of benzene rings is 1. The van der Waals surface area contributed by atoms with Crippen molar-refractivity contribution in [2.24, 2.45) is 12.9 Å². The molecule has 3 aromatic rings. The maximum atomic E-state index is 5.73. The lowest BCUT2D eigenvalue weighted by Gasteiger charge is -2.16. The highest BCUT2D eigenvalue weighted by atomic mass is 15.2. The zero-order valence-corrected chi connectivity index (χ0v) is 12.2. The molecular weight excluding hydrogens is 262 g/mol. The minimum Gasteiger partial charge on any atom is -0.331 e. The first-order valence-electron chi connectivity index (χ1n) is 6.97. The maximum absolute atomic E-state index is 5.73. The van der Waals surface area contributed by atoms with Crippen molar-refractivity contribution in [2.75, 3.05) is 0 Å². The molecule has 0 radical (unpaired) electrons. The molecule has 2 aromatic heterocycles. The molecule has 1 atom stereocenters. The molecule has 3 N–H and O–H groups in total. The largest absolute Gasteiger partial charge is 0.331 e. The standard InChI is InChI=1S/C16H19N5/c1-11-7-12(10-18-9-11)14(20-17)8-16-19-13-5-3-4-6-15(13)21(16)2/h3-7,9-10,14,20H,8,17H2,1-2H3. The van der Waals surface area contributed by atoms with E-state index in [1.807, 2.05) is 44.6 Å². The molecule has 3 rings (SSSR count). The number of imidazole rings is 1. The summed E-state index contributed by atoms with van der Waals surface area (Å²) in [6.45, 7) is 2.03. The van der Waals surface area contributed by atoms with E-state index in [1.165, 1.54) is 0 Å². The molecule has 0 aliphatic carbocycles. The molecule has 2 heterocycles. The fourth-order valence-corrected chi connectivity index (χ4v) is 2.60. The first-order valence-corrected chi connectivity index (χ1v) is 6.97. The second-order valence-electron chi connectivity index (χ2n) is 5.29. The number of rotatable bonds is 4. The lowest BCUT2D eigenvalue weighted by molar-refractivity contribution is 0.530. The number of fused-ring (bicyclic) bond motifs is 1. The van der Waals surface area contributed by atoms with Crippen LogP contribution in [-0.4, -0.2) is 14.5 Å². The van der Waals surface area contributed by atoms with Crippen LogP contribution in [0.15, 0.2) is 42.7 Å². The van der Waals surface area contributed by atoms with Gasteiger partial charge in [-0.05, 0) is 30.2 Å². The van der Waals surface area contributed by atoms with Gasteiger partial charge in [-0.2, -0.15) is 0 Å². The van der Waals surface area contributed by atoms with E-state index in [9.17, 15) is 0 Å². The van der Waals surface area contributed by atoms with Crippen molar-refractivity contribution in [1.29, 1.82) is 0 Å². The van der Waals surface area contributed by atoms with E-state index >= 15 is 0 Å². The van der Waals surface area contributed by atoms with Crippen LogP contribution in [0.2, 0.25) is 0 Å². The van der Waals surface area contributed by atoms with Gasteiger partial charge in [0.25, 0.3) is 0 Å². The Kier molecular flexibility index (Phi) is 3.68. The lowest BCUT2D eigenvalue weighted by Crippen LogP contribution is -2.30. The minimum atomic E-state index is -0.00656. The van der Waals surface area contributed by atoms with E-state index in [0.29, 0.717) is 6.42 Å². The van der Waals surface area contributed by atoms with E-state index in [2.05, 4.69) is 27.1 Å². The van der Waals surface area contributed by atoms with Crippen LogP contribution >= 0.6 is 0 Å². The summed E-state index contributed by atoms with van der Waals surface area (Å²) in [4.78, 5) is 8.93. The Bertz CT molecular complexity index is 762. The molecule has 0 aliphatic heterocycles. The summed E-state index contributed by atoms with van der Waals surface area (Å²) in [6, 6.07) is 10.2. The number of nitrogens with one attached hydrogen (secondary N) is 1. The van der Waals surface area contributed by atoms with Crippen molar-refractivity contribution in [3.63, 3.8) is 0 Å². The van der Waals surface area contributed by atoms with Gasteiger partial charge in [-0.15, -0.1) is 0 Å². The number of hydrogen-bond donors (Lipinski definition) is 2. The van der Waals surface area contributed by atoms with Crippen molar-refractivity contribution in [2.45, 2.75) is 19.4 Å². The smallest absolute Gasteiger partial charge is 0.111 e.